The maximum Gasteiger partial charge on any atom is 0.123 e. The number of nitrogens with zero attached hydrogens (tertiary/aromatic N) is 2. The third-order valence-corrected chi connectivity index (χ3v) is 3.51. The first-order valence-electron chi connectivity index (χ1n) is 7.17. The molecular formula is C17H21FN2O. The molecule has 0 saturated carbocycles. The monoisotopic (exact) mass is 288 g/mol. The molecule has 2 aromatic rings. The van der Waals surface area contributed by atoms with E-state index >= 15 is 0 Å². The number of aromatic nitrogens is 1. The molecule has 0 saturated heterocycles. The van der Waals surface area contributed by atoms with Gasteiger partial charge in [0.25, 0.3) is 0 Å². The van der Waals surface area contributed by atoms with Crippen LogP contribution in [0.4, 0.5) is 4.39 Å². The van der Waals surface area contributed by atoms with E-state index in [9.17, 15) is 9.50 Å². The molecule has 1 unspecified atom stereocenters. The molecule has 1 atom stereocenters. The van der Waals surface area contributed by atoms with Gasteiger partial charge >= 0.3 is 0 Å². The highest BCUT2D eigenvalue weighted by molar-refractivity contribution is 5.18. The van der Waals surface area contributed by atoms with E-state index in [1.807, 2.05) is 25.2 Å². The molecule has 112 valence electrons. The summed E-state index contributed by atoms with van der Waals surface area (Å²) in [6, 6.07) is 11.9. The predicted octanol–water partition coefficient (Wildman–Crippen LogP) is 2.82. The van der Waals surface area contributed by atoms with Gasteiger partial charge in [-0.1, -0.05) is 18.2 Å². The van der Waals surface area contributed by atoms with E-state index in [0.717, 1.165) is 30.8 Å². The molecule has 1 aromatic carbocycles. The minimum absolute atomic E-state index is 0.279. The molecule has 3 nitrogen and oxygen atoms in total. The Morgan fingerprint density at radius 3 is 2.57 bits per heavy atom. The molecule has 0 aliphatic heterocycles. The van der Waals surface area contributed by atoms with Gasteiger partial charge in [-0.2, -0.15) is 0 Å². The number of halogens is 1. The summed E-state index contributed by atoms with van der Waals surface area (Å²) in [6.07, 6.45) is 2.77. The lowest BCUT2D eigenvalue weighted by molar-refractivity contribution is 0.149. The van der Waals surface area contributed by atoms with Crippen LogP contribution in [-0.2, 0) is 6.42 Å². The molecular weight excluding hydrogens is 267 g/mol. The zero-order valence-corrected chi connectivity index (χ0v) is 12.2. The van der Waals surface area contributed by atoms with Crippen LogP contribution in [0.5, 0.6) is 0 Å². The standard InChI is InChI=1S/C17H21FN2O/c1-20(12-9-16-4-2-3-11-19-16)13-10-17(21)14-5-7-15(18)8-6-14/h2-8,11,17,21H,9-10,12-13H2,1H3. The molecule has 1 N–H and O–H groups in total. The average Bonchev–Trinajstić information content (AvgIpc) is 2.52. The van der Waals surface area contributed by atoms with E-state index in [0.29, 0.717) is 6.42 Å². The van der Waals surface area contributed by atoms with Crippen LogP contribution in [0.15, 0.2) is 48.7 Å². The molecule has 0 radical (unpaired) electrons. The molecule has 0 fully saturated rings. The summed E-state index contributed by atoms with van der Waals surface area (Å²) in [6.45, 7) is 1.68. The quantitative estimate of drug-likeness (QED) is 0.851. The molecule has 1 heterocycles. The minimum atomic E-state index is -0.553. The second-order valence-electron chi connectivity index (χ2n) is 5.23. The number of hydrogen-bond acceptors (Lipinski definition) is 3. The van der Waals surface area contributed by atoms with Crippen LogP contribution in [0.25, 0.3) is 0 Å². The van der Waals surface area contributed by atoms with Crippen molar-refractivity contribution in [3.63, 3.8) is 0 Å². The van der Waals surface area contributed by atoms with Crippen LogP contribution in [0.3, 0.4) is 0 Å². The fourth-order valence-electron chi connectivity index (χ4n) is 2.16. The van der Waals surface area contributed by atoms with Gasteiger partial charge in [0.05, 0.1) is 6.10 Å². The molecule has 0 amide bonds. The van der Waals surface area contributed by atoms with Gasteiger partial charge in [0.1, 0.15) is 5.82 Å². The van der Waals surface area contributed by atoms with E-state index < -0.39 is 6.10 Å². The van der Waals surface area contributed by atoms with Gasteiger partial charge < -0.3 is 10.0 Å². The van der Waals surface area contributed by atoms with Gasteiger partial charge in [-0.05, 0) is 43.3 Å². The van der Waals surface area contributed by atoms with Crippen molar-refractivity contribution in [2.24, 2.45) is 0 Å². The van der Waals surface area contributed by atoms with E-state index in [1.165, 1.54) is 12.1 Å². The lowest BCUT2D eigenvalue weighted by atomic mass is 10.1. The Morgan fingerprint density at radius 2 is 1.90 bits per heavy atom. The van der Waals surface area contributed by atoms with Crippen molar-refractivity contribution in [2.75, 3.05) is 20.1 Å². The van der Waals surface area contributed by atoms with Crippen molar-refractivity contribution in [1.82, 2.24) is 9.88 Å². The normalized spacial score (nSPS) is 12.6. The van der Waals surface area contributed by atoms with Crippen molar-refractivity contribution in [1.29, 1.82) is 0 Å². The lowest BCUT2D eigenvalue weighted by Crippen LogP contribution is -2.24. The molecule has 21 heavy (non-hydrogen) atoms. The number of likely N-dealkylation sites (N-methyl/N-ethyl adjacent to an activating group) is 1. The second kappa shape index (κ2) is 7.86. The molecule has 0 aliphatic carbocycles. The SMILES string of the molecule is CN(CCc1ccccn1)CCC(O)c1ccc(F)cc1. The summed E-state index contributed by atoms with van der Waals surface area (Å²) in [5, 5.41) is 10.1. The highest BCUT2D eigenvalue weighted by Gasteiger charge is 2.09. The third-order valence-electron chi connectivity index (χ3n) is 3.51. The summed E-state index contributed by atoms with van der Waals surface area (Å²) >= 11 is 0. The Balaban J connectivity index is 1.73. The first kappa shape index (κ1) is 15.6. The molecule has 0 spiro atoms. The highest BCUT2D eigenvalue weighted by atomic mass is 19.1. The van der Waals surface area contributed by atoms with Crippen LogP contribution < -0.4 is 0 Å². The molecule has 0 aliphatic rings. The number of aliphatic hydroxyl groups is 1. The van der Waals surface area contributed by atoms with Crippen LogP contribution in [0.1, 0.15) is 23.8 Å². The molecule has 2 rings (SSSR count). The Morgan fingerprint density at radius 1 is 1.14 bits per heavy atom. The van der Waals surface area contributed by atoms with Gasteiger partial charge in [-0.3, -0.25) is 4.98 Å². The van der Waals surface area contributed by atoms with Crippen molar-refractivity contribution < 1.29 is 9.50 Å². The Labute approximate surface area is 125 Å². The zero-order valence-electron chi connectivity index (χ0n) is 12.2. The van der Waals surface area contributed by atoms with Crippen molar-refractivity contribution in [2.45, 2.75) is 18.9 Å². The Hall–Kier alpha value is -1.78. The number of benzene rings is 1. The smallest absolute Gasteiger partial charge is 0.123 e. The number of hydrogen-bond donors (Lipinski definition) is 1. The number of rotatable bonds is 7. The average molecular weight is 288 g/mol. The van der Waals surface area contributed by atoms with E-state index in [2.05, 4.69) is 9.88 Å². The molecule has 4 heteroatoms. The fourth-order valence-corrected chi connectivity index (χ4v) is 2.16. The van der Waals surface area contributed by atoms with E-state index in [-0.39, 0.29) is 5.82 Å². The summed E-state index contributed by atoms with van der Waals surface area (Å²) in [7, 11) is 2.03. The summed E-state index contributed by atoms with van der Waals surface area (Å²) in [5.74, 6) is -0.279. The van der Waals surface area contributed by atoms with Gasteiger partial charge in [-0.15, -0.1) is 0 Å². The zero-order chi connectivity index (χ0) is 15.1. The van der Waals surface area contributed by atoms with E-state index in [1.54, 1.807) is 18.3 Å². The van der Waals surface area contributed by atoms with Crippen molar-refractivity contribution >= 4 is 0 Å². The first-order valence-corrected chi connectivity index (χ1v) is 7.17. The number of aliphatic hydroxyl groups excluding tert-OH is 1. The van der Waals surface area contributed by atoms with E-state index in [4.69, 9.17) is 0 Å². The highest BCUT2D eigenvalue weighted by Crippen LogP contribution is 2.17. The van der Waals surface area contributed by atoms with Crippen LogP contribution in [0.2, 0.25) is 0 Å². The first-order chi connectivity index (χ1) is 10.1. The summed E-state index contributed by atoms with van der Waals surface area (Å²) < 4.78 is 12.8. The maximum absolute atomic E-state index is 12.8. The number of pyridine rings is 1. The fraction of sp³-hybridized carbons (Fsp3) is 0.353. The Kier molecular flexibility index (Phi) is 5.84. The van der Waals surface area contributed by atoms with Crippen LogP contribution in [-0.4, -0.2) is 35.1 Å². The maximum atomic E-state index is 12.8. The largest absolute Gasteiger partial charge is 0.388 e. The van der Waals surface area contributed by atoms with Gasteiger partial charge in [0.15, 0.2) is 0 Å². The van der Waals surface area contributed by atoms with Gasteiger partial charge in [0, 0.05) is 31.4 Å². The summed E-state index contributed by atoms with van der Waals surface area (Å²) in [4.78, 5) is 6.46. The molecule has 0 bridgehead atoms. The van der Waals surface area contributed by atoms with Gasteiger partial charge in [0.2, 0.25) is 0 Å². The summed E-state index contributed by atoms with van der Waals surface area (Å²) in [5.41, 5.74) is 1.83. The van der Waals surface area contributed by atoms with Gasteiger partial charge in [-0.25, -0.2) is 4.39 Å². The topological polar surface area (TPSA) is 36.4 Å². The van der Waals surface area contributed by atoms with Crippen LogP contribution in [0, 0.1) is 5.82 Å². The predicted molar refractivity (Wildman–Crippen MR) is 81.4 cm³/mol. The van der Waals surface area contributed by atoms with Crippen LogP contribution >= 0.6 is 0 Å². The second-order valence-corrected chi connectivity index (χ2v) is 5.23. The van der Waals surface area contributed by atoms with Crippen molar-refractivity contribution in [3.8, 4) is 0 Å². The lowest BCUT2D eigenvalue weighted by Gasteiger charge is -2.19. The third kappa shape index (κ3) is 5.25. The molecule has 1 aromatic heterocycles. The minimum Gasteiger partial charge on any atom is -0.388 e. The van der Waals surface area contributed by atoms with Crippen molar-refractivity contribution in [3.05, 3.63) is 65.7 Å². The Bertz CT molecular complexity index is 530.